The lowest BCUT2D eigenvalue weighted by Crippen LogP contribution is -2.48. The minimum atomic E-state index is -0.576. The summed E-state index contributed by atoms with van der Waals surface area (Å²) >= 11 is 0. The van der Waals surface area contributed by atoms with E-state index in [1.54, 1.807) is 17.3 Å². The molecule has 7 nitrogen and oxygen atoms in total. The molecule has 1 aromatic carbocycles. The molecular weight excluding hydrogens is 423 g/mol. The zero-order valence-electron chi connectivity index (χ0n) is 16.7. The van der Waals surface area contributed by atoms with Crippen molar-refractivity contribution in [2.24, 2.45) is 5.73 Å². The van der Waals surface area contributed by atoms with Gasteiger partial charge in [-0.3, -0.25) is 9.78 Å². The molecule has 1 amide bonds. The van der Waals surface area contributed by atoms with E-state index in [0.717, 1.165) is 23.6 Å². The second-order valence-electron chi connectivity index (χ2n) is 7.30. The molecule has 0 aliphatic carbocycles. The van der Waals surface area contributed by atoms with E-state index in [1.165, 1.54) is 5.56 Å². The number of carbonyl (C=O) groups excluding carboxylic acids is 1. The van der Waals surface area contributed by atoms with Gasteiger partial charge in [0.1, 0.15) is 5.82 Å². The highest BCUT2D eigenvalue weighted by Crippen LogP contribution is 2.23. The second kappa shape index (κ2) is 10.5. The Morgan fingerprint density at radius 3 is 2.50 bits per heavy atom. The van der Waals surface area contributed by atoms with Crippen LogP contribution < -0.4 is 5.73 Å². The largest absolute Gasteiger partial charge is 0.332 e. The van der Waals surface area contributed by atoms with E-state index >= 15 is 0 Å². The molecule has 160 valence electrons. The van der Waals surface area contributed by atoms with E-state index in [4.69, 9.17) is 5.73 Å². The van der Waals surface area contributed by atoms with Gasteiger partial charge in [-0.2, -0.15) is 0 Å². The van der Waals surface area contributed by atoms with Crippen LogP contribution in [0.1, 0.15) is 35.7 Å². The summed E-state index contributed by atoms with van der Waals surface area (Å²) in [5, 5.41) is 8.74. The monoisotopic (exact) mass is 448 g/mol. The average molecular weight is 449 g/mol. The number of benzene rings is 1. The maximum Gasteiger partial charge on any atom is 0.240 e. The first kappa shape index (κ1) is 23.8. The lowest BCUT2D eigenvalue weighted by molar-refractivity contribution is -0.134. The number of nitrogens with two attached hydrogens (primary N) is 1. The first-order chi connectivity index (χ1) is 13.6. The van der Waals surface area contributed by atoms with Gasteiger partial charge in [-0.15, -0.1) is 35.0 Å². The van der Waals surface area contributed by atoms with Gasteiger partial charge < -0.3 is 15.2 Å². The Balaban J connectivity index is 0.00000160. The number of pyridine rings is 1. The summed E-state index contributed by atoms with van der Waals surface area (Å²) in [6.45, 7) is 3.14. The zero-order valence-corrected chi connectivity index (χ0v) is 18.4. The molecule has 30 heavy (non-hydrogen) atoms. The van der Waals surface area contributed by atoms with Crippen LogP contribution in [0.5, 0.6) is 0 Å². The van der Waals surface area contributed by atoms with Gasteiger partial charge in [-0.05, 0) is 36.6 Å². The van der Waals surface area contributed by atoms with Crippen LogP contribution in [0, 0.1) is 0 Å². The number of amides is 1. The molecule has 0 unspecified atom stereocenters. The maximum absolute atomic E-state index is 12.9. The lowest BCUT2D eigenvalue weighted by atomic mass is 10.1. The van der Waals surface area contributed by atoms with Crippen molar-refractivity contribution in [3.05, 3.63) is 77.6 Å². The van der Waals surface area contributed by atoms with E-state index < -0.39 is 6.04 Å². The topological polar surface area (TPSA) is 89.9 Å². The van der Waals surface area contributed by atoms with Gasteiger partial charge in [0.05, 0.1) is 18.6 Å². The standard InChI is InChI=1S/C21H24N6O.2ClH/c1-15-13-26(21(28)18(22)11-17-7-9-23-10-8-17)14-20-25-24-19(27(15)20)12-16-5-3-2-4-6-16;;/h2-10,15,18H,11-14,22H2,1H3;2*1H/t15-,18-;;/m0../s1. The van der Waals surface area contributed by atoms with Crippen molar-refractivity contribution in [2.75, 3.05) is 6.54 Å². The van der Waals surface area contributed by atoms with E-state index in [0.29, 0.717) is 19.5 Å². The number of hydrogen-bond acceptors (Lipinski definition) is 5. The van der Waals surface area contributed by atoms with Crippen molar-refractivity contribution in [1.29, 1.82) is 0 Å². The molecule has 9 heteroatoms. The molecule has 0 fully saturated rings. The molecule has 4 rings (SSSR count). The van der Waals surface area contributed by atoms with Gasteiger partial charge in [0.2, 0.25) is 5.91 Å². The summed E-state index contributed by atoms with van der Waals surface area (Å²) in [7, 11) is 0. The molecule has 1 aliphatic rings. The Morgan fingerprint density at radius 2 is 1.80 bits per heavy atom. The van der Waals surface area contributed by atoms with E-state index in [-0.39, 0.29) is 36.8 Å². The van der Waals surface area contributed by atoms with Gasteiger partial charge in [0.25, 0.3) is 0 Å². The molecule has 0 spiro atoms. The molecule has 0 bridgehead atoms. The molecule has 2 atom stereocenters. The van der Waals surface area contributed by atoms with Gasteiger partial charge in [-0.1, -0.05) is 30.3 Å². The summed E-state index contributed by atoms with van der Waals surface area (Å²) in [6.07, 6.45) is 4.66. The minimum Gasteiger partial charge on any atom is -0.332 e. The van der Waals surface area contributed by atoms with Crippen LogP contribution in [-0.4, -0.2) is 43.1 Å². The molecule has 3 heterocycles. The second-order valence-corrected chi connectivity index (χ2v) is 7.30. The molecule has 2 aromatic heterocycles. The van der Waals surface area contributed by atoms with Gasteiger partial charge in [0.15, 0.2) is 5.82 Å². The lowest BCUT2D eigenvalue weighted by Gasteiger charge is -2.34. The zero-order chi connectivity index (χ0) is 19.5. The van der Waals surface area contributed by atoms with Crippen molar-refractivity contribution >= 4 is 30.7 Å². The Morgan fingerprint density at radius 1 is 1.10 bits per heavy atom. The SMILES string of the molecule is C[C@H]1CN(C(=O)[C@@H](N)Cc2ccncc2)Cc2nnc(Cc3ccccc3)n21.Cl.Cl. The summed E-state index contributed by atoms with van der Waals surface area (Å²) in [5.74, 6) is 1.69. The van der Waals surface area contributed by atoms with Crippen LogP contribution in [0.25, 0.3) is 0 Å². The van der Waals surface area contributed by atoms with Crippen molar-refractivity contribution < 1.29 is 4.79 Å². The fraction of sp³-hybridized carbons (Fsp3) is 0.333. The number of nitrogens with zero attached hydrogens (tertiary/aromatic N) is 5. The smallest absolute Gasteiger partial charge is 0.240 e. The predicted octanol–water partition coefficient (Wildman–Crippen LogP) is 2.58. The van der Waals surface area contributed by atoms with E-state index in [9.17, 15) is 4.79 Å². The van der Waals surface area contributed by atoms with Crippen molar-refractivity contribution in [3.63, 3.8) is 0 Å². The Hall–Kier alpha value is -2.48. The molecule has 0 saturated carbocycles. The molecule has 0 radical (unpaired) electrons. The highest BCUT2D eigenvalue weighted by molar-refractivity contribution is 5.85. The predicted molar refractivity (Wildman–Crippen MR) is 120 cm³/mol. The van der Waals surface area contributed by atoms with Gasteiger partial charge in [0, 0.05) is 25.4 Å². The maximum atomic E-state index is 12.9. The summed E-state index contributed by atoms with van der Waals surface area (Å²) in [4.78, 5) is 18.7. The first-order valence-electron chi connectivity index (χ1n) is 9.51. The van der Waals surface area contributed by atoms with Gasteiger partial charge >= 0.3 is 0 Å². The Bertz CT molecular complexity index is 951. The third kappa shape index (κ3) is 5.16. The van der Waals surface area contributed by atoms with Crippen molar-refractivity contribution in [2.45, 2.75) is 38.4 Å². The van der Waals surface area contributed by atoms with Crippen molar-refractivity contribution in [3.8, 4) is 0 Å². The number of aromatic nitrogens is 4. The Labute approximate surface area is 188 Å². The number of fused-ring (bicyclic) bond motifs is 1. The van der Waals surface area contributed by atoms with E-state index in [1.807, 2.05) is 30.3 Å². The van der Waals surface area contributed by atoms with Crippen LogP contribution in [-0.2, 0) is 24.2 Å². The van der Waals surface area contributed by atoms with Crippen LogP contribution in [0.2, 0.25) is 0 Å². The number of carbonyl (C=O) groups is 1. The normalized spacial score (nSPS) is 16.1. The summed E-state index contributed by atoms with van der Waals surface area (Å²) in [5.41, 5.74) is 8.40. The first-order valence-corrected chi connectivity index (χ1v) is 9.51. The number of hydrogen-bond donors (Lipinski definition) is 1. The van der Waals surface area contributed by atoms with Crippen LogP contribution in [0.15, 0.2) is 54.9 Å². The van der Waals surface area contributed by atoms with Gasteiger partial charge in [-0.25, -0.2) is 0 Å². The number of rotatable bonds is 5. The van der Waals surface area contributed by atoms with Crippen molar-refractivity contribution in [1.82, 2.24) is 24.6 Å². The highest BCUT2D eigenvalue weighted by atomic mass is 35.5. The summed E-state index contributed by atoms with van der Waals surface area (Å²) < 4.78 is 2.16. The Kier molecular flexibility index (Phi) is 8.34. The molecule has 2 N–H and O–H groups in total. The fourth-order valence-electron chi connectivity index (χ4n) is 3.77. The highest BCUT2D eigenvalue weighted by Gasteiger charge is 2.31. The van der Waals surface area contributed by atoms with Crippen LogP contribution in [0.4, 0.5) is 0 Å². The third-order valence-corrected chi connectivity index (χ3v) is 5.13. The fourth-order valence-corrected chi connectivity index (χ4v) is 3.77. The molecule has 1 aliphatic heterocycles. The minimum absolute atomic E-state index is 0. The summed E-state index contributed by atoms with van der Waals surface area (Å²) in [6, 6.07) is 13.5. The van der Waals surface area contributed by atoms with E-state index in [2.05, 4.69) is 38.8 Å². The quantitative estimate of drug-likeness (QED) is 0.647. The molecule has 0 saturated heterocycles. The van der Waals surface area contributed by atoms with Crippen LogP contribution >= 0.6 is 24.8 Å². The third-order valence-electron chi connectivity index (χ3n) is 5.13. The molecular formula is C21H26Cl2N6O. The number of halogens is 2. The molecule has 3 aromatic rings. The average Bonchev–Trinajstić information content (AvgIpc) is 3.12. The van der Waals surface area contributed by atoms with Crippen LogP contribution in [0.3, 0.4) is 0 Å².